The van der Waals surface area contributed by atoms with Crippen molar-refractivity contribution >= 4 is 27.4 Å². The van der Waals surface area contributed by atoms with Gasteiger partial charge in [-0.25, -0.2) is 13.6 Å². The standard InChI is InChI=1S/C18H14F2O3S/c1-2-23-18(22)11-5-10(6-12(19)7-11)14-3-4-16(20)15-8-13(9-21)24-17(14)15/h3-8,21H,2,9H2,1H3. The Bertz CT molecular complexity index is 918. The van der Waals surface area contributed by atoms with Gasteiger partial charge in [-0.1, -0.05) is 6.07 Å². The molecule has 3 aromatic rings. The van der Waals surface area contributed by atoms with Crippen molar-refractivity contribution < 1.29 is 23.4 Å². The van der Waals surface area contributed by atoms with Crippen molar-refractivity contribution in [3.8, 4) is 11.1 Å². The molecule has 0 aliphatic heterocycles. The maximum absolute atomic E-state index is 14.0. The first-order chi connectivity index (χ1) is 11.5. The first-order valence-corrected chi connectivity index (χ1v) is 8.15. The molecule has 3 rings (SSSR count). The summed E-state index contributed by atoms with van der Waals surface area (Å²) in [5.74, 6) is -1.60. The van der Waals surface area contributed by atoms with Gasteiger partial charge in [0.2, 0.25) is 0 Å². The molecule has 0 bridgehead atoms. The number of thiophene rings is 1. The summed E-state index contributed by atoms with van der Waals surface area (Å²) in [6.45, 7) is 1.66. The summed E-state index contributed by atoms with van der Waals surface area (Å²) >= 11 is 1.23. The number of carbonyl (C=O) groups is 1. The molecule has 24 heavy (non-hydrogen) atoms. The quantitative estimate of drug-likeness (QED) is 0.706. The Morgan fingerprint density at radius 2 is 2.00 bits per heavy atom. The van der Waals surface area contributed by atoms with E-state index in [4.69, 9.17) is 4.74 Å². The predicted octanol–water partition coefficient (Wildman–Crippen LogP) is 4.52. The second kappa shape index (κ2) is 6.67. The number of rotatable bonds is 4. The van der Waals surface area contributed by atoms with Crippen LogP contribution in [-0.2, 0) is 11.3 Å². The molecule has 1 heterocycles. The number of carbonyl (C=O) groups excluding carboxylic acids is 1. The van der Waals surface area contributed by atoms with Gasteiger partial charge in [0.05, 0.1) is 18.8 Å². The van der Waals surface area contributed by atoms with Gasteiger partial charge in [0.25, 0.3) is 0 Å². The molecule has 0 saturated carbocycles. The lowest BCUT2D eigenvalue weighted by molar-refractivity contribution is 0.0526. The Morgan fingerprint density at radius 1 is 1.21 bits per heavy atom. The molecule has 6 heteroatoms. The van der Waals surface area contributed by atoms with Crippen molar-refractivity contribution in [2.45, 2.75) is 13.5 Å². The summed E-state index contributed by atoms with van der Waals surface area (Å²) in [5, 5.41) is 9.64. The SMILES string of the molecule is CCOC(=O)c1cc(F)cc(-c2ccc(F)c3cc(CO)sc23)c1. The van der Waals surface area contributed by atoms with Crippen molar-refractivity contribution in [3.05, 3.63) is 58.5 Å². The zero-order chi connectivity index (χ0) is 17.3. The molecule has 124 valence electrons. The summed E-state index contributed by atoms with van der Waals surface area (Å²) < 4.78 is 33.4. The molecular weight excluding hydrogens is 334 g/mol. The third-order valence-electron chi connectivity index (χ3n) is 3.56. The van der Waals surface area contributed by atoms with Crippen molar-refractivity contribution in [3.63, 3.8) is 0 Å². The second-order valence-corrected chi connectivity index (χ2v) is 6.29. The Labute approximate surface area is 141 Å². The summed E-state index contributed by atoms with van der Waals surface area (Å²) in [4.78, 5) is 12.5. The van der Waals surface area contributed by atoms with E-state index in [0.29, 0.717) is 26.1 Å². The van der Waals surface area contributed by atoms with E-state index in [-0.39, 0.29) is 18.8 Å². The van der Waals surface area contributed by atoms with E-state index in [1.165, 1.54) is 29.5 Å². The van der Waals surface area contributed by atoms with Gasteiger partial charge in [0, 0.05) is 15.0 Å². The molecule has 0 amide bonds. The Balaban J connectivity index is 2.19. The van der Waals surface area contributed by atoms with E-state index >= 15 is 0 Å². The first kappa shape index (κ1) is 16.5. The fourth-order valence-electron chi connectivity index (χ4n) is 2.52. The molecule has 0 atom stereocenters. The molecule has 0 spiro atoms. The third kappa shape index (κ3) is 3.02. The van der Waals surface area contributed by atoms with Gasteiger partial charge in [0.1, 0.15) is 11.6 Å². The van der Waals surface area contributed by atoms with Crippen molar-refractivity contribution in [1.29, 1.82) is 0 Å². The van der Waals surface area contributed by atoms with Gasteiger partial charge < -0.3 is 9.84 Å². The minimum atomic E-state index is -0.612. The van der Waals surface area contributed by atoms with Crippen molar-refractivity contribution in [1.82, 2.24) is 0 Å². The fourth-order valence-corrected chi connectivity index (χ4v) is 3.59. The number of aliphatic hydroxyl groups excluding tert-OH is 1. The van der Waals surface area contributed by atoms with E-state index < -0.39 is 17.6 Å². The van der Waals surface area contributed by atoms with Crippen molar-refractivity contribution in [2.24, 2.45) is 0 Å². The molecule has 0 aliphatic rings. The van der Waals surface area contributed by atoms with E-state index in [1.54, 1.807) is 19.1 Å². The van der Waals surface area contributed by atoms with Crippen LogP contribution >= 0.6 is 11.3 Å². The number of fused-ring (bicyclic) bond motifs is 1. The average molecular weight is 348 g/mol. The van der Waals surface area contributed by atoms with Crippen LogP contribution < -0.4 is 0 Å². The van der Waals surface area contributed by atoms with Crippen LogP contribution in [-0.4, -0.2) is 17.7 Å². The molecule has 0 saturated heterocycles. The van der Waals surface area contributed by atoms with Gasteiger partial charge in [0.15, 0.2) is 0 Å². The van der Waals surface area contributed by atoms with Gasteiger partial charge in [-0.3, -0.25) is 0 Å². The van der Waals surface area contributed by atoms with Crippen LogP contribution in [0.4, 0.5) is 8.78 Å². The number of esters is 1. The summed E-state index contributed by atoms with van der Waals surface area (Å²) in [5.41, 5.74) is 1.15. The number of aliphatic hydroxyl groups is 1. The number of benzene rings is 2. The highest BCUT2D eigenvalue weighted by Gasteiger charge is 2.15. The predicted molar refractivity (Wildman–Crippen MR) is 89.1 cm³/mol. The third-order valence-corrected chi connectivity index (χ3v) is 4.71. The van der Waals surface area contributed by atoms with Crippen LogP contribution in [0.15, 0.2) is 36.4 Å². The first-order valence-electron chi connectivity index (χ1n) is 7.33. The Kier molecular flexibility index (Phi) is 4.59. The van der Waals surface area contributed by atoms with Crippen LogP contribution in [0, 0.1) is 11.6 Å². The van der Waals surface area contributed by atoms with Crippen LogP contribution in [0.5, 0.6) is 0 Å². The molecule has 0 aliphatic carbocycles. The van der Waals surface area contributed by atoms with Crippen LogP contribution in [0.1, 0.15) is 22.2 Å². The molecule has 2 aromatic carbocycles. The van der Waals surface area contributed by atoms with Crippen LogP contribution in [0.2, 0.25) is 0 Å². The fraction of sp³-hybridized carbons (Fsp3) is 0.167. The average Bonchev–Trinajstić information content (AvgIpc) is 3.00. The highest BCUT2D eigenvalue weighted by atomic mass is 32.1. The van der Waals surface area contributed by atoms with Crippen molar-refractivity contribution in [2.75, 3.05) is 6.61 Å². The molecule has 0 fully saturated rings. The van der Waals surface area contributed by atoms with Gasteiger partial charge in [-0.05, 0) is 48.4 Å². The van der Waals surface area contributed by atoms with Crippen LogP contribution in [0.25, 0.3) is 21.2 Å². The Hall–Kier alpha value is -2.31. The maximum Gasteiger partial charge on any atom is 0.338 e. The van der Waals surface area contributed by atoms with E-state index in [0.717, 1.165) is 6.07 Å². The molecule has 1 N–H and O–H groups in total. The maximum atomic E-state index is 14.0. The van der Waals surface area contributed by atoms with Gasteiger partial charge in [-0.15, -0.1) is 11.3 Å². The Morgan fingerprint density at radius 3 is 2.71 bits per heavy atom. The highest BCUT2D eigenvalue weighted by Crippen LogP contribution is 2.37. The van der Waals surface area contributed by atoms with E-state index in [1.807, 2.05) is 0 Å². The van der Waals surface area contributed by atoms with E-state index in [2.05, 4.69) is 0 Å². The van der Waals surface area contributed by atoms with Crippen LogP contribution in [0.3, 0.4) is 0 Å². The number of ether oxygens (including phenoxy) is 1. The lowest BCUT2D eigenvalue weighted by atomic mass is 10.0. The summed E-state index contributed by atoms with van der Waals surface area (Å²) in [6, 6.07) is 8.32. The number of hydrogen-bond acceptors (Lipinski definition) is 4. The minimum Gasteiger partial charge on any atom is -0.462 e. The smallest absolute Gasteiger partial charge is 0.338 e. The lowest BCUT2D eigenvalue weighted by Gasteiger charge is -2.08. The van der Waals surface area contributed by atoms with Gasteiger partial charge >= 0.3 is 5.97 Å². The summed E-state index contributed by atoms with van der Waals surface area (Å²) in [7, 11) is 0. The lowest BCUT2D eigenvalue weighted by Crippen LogP contribution is -2.05. The normalized spacial score (nSPS) is 11.0. The molecule has 0 unspecified atom stereocenters. The summed E-state index contributed by atoms with van der Waals surface area (Å²) in [6.07, 6.45) is 0. The highest BCUT2D eigenvalue weighted by molar-refractivity contribution is 7.19. The zero-order valence-corrected chi connectivity index (χ0v) is 13.6. The molecule has 3 nitrogen and oxygen atoms in total. The van der Waals surface area contributed by atoms with Gasteiger partial charge in [-0.2, -0.15) is 0 Å². The number of halogens is 2. The second-order valence-electron chi connectivity index (χ2n) is 5.16. The minimum absolute atomic E-state index is 0.100. The zero-order valence-electron chi connectivity index (χ0n) is 12.8. The van der Waals surface area contributed by atoms with E-state index in [9.17, 15) is 18.7 Å². The number of hydrogen-bond donors (Lipinski definition) is 1. The largest absolute Gasteiger partial charge is 0.462 e. The molecule has 1 aromatic heterocycles. The molecular formula is C18H14F2O3S. The molecule has 0 radical (unpaired) electrons. The topological polar surface area (TPSA) is 46.5 Å². The monoisotopic (exact) mass is 348 g/mol.